The number of benzene rings is 2. The van der Waals surface area contributed by atoms with E-state index in [1.807, 2.05) is 44.2 Å². The number of aliphatic hydroxyl groups is 1. The van der Waals surface area contributed by atoms with Gasteiger partial charge >= 0.3 is 0 Å². The molecule has 210 valence electrons. The van der Waals surface area contributed by atoms with E-state index in [0.717, 1.165) is 45.9 Å². The standard InChI is InChI=1S/C32H36Cl2N4O2/c1-21-8-9-22(2)38(21)30-13-11-26(19-35-30)29(39)20-37-32(3,4)17-24-7-5-6-23(14-24)16-31(40)36-18-25-10-12-27(33)28(34)15-25/h5-15,19,29,37,39H,16-18,20H2,1-4H3,(H,36,40)/t29-/m1/s1. The Morgan fingerprint density at radius 1 is 0.950 bits per heavy atom. The first-order valence-corrected chi connectivity index (χ1v) is 14.1. The molecule has 0 saturated carbocycles. The van der Waals surface area contributed by atoms with Crippen LogP contribution in [-0.4, -0.2) is 32.6 Å². The van der Waals surface area contributed by atoms with Crippen molar-refractivity contribution in [3.05, 3.63) is 117 Å². The van der Waals surface area contributed by atoms with Gasteiger partial charge in [0, 0.05) is 41.8 Å². The molecule has 0 fully saturated rings. The fraction of sp³-hybridized carbons (Fsp3) is 0.312. The van der Waals surface area contributed by atoms with Crippen LogP contribution in [0.1, 0.15) is 53.6 Å². The first kappa shape index (κ1) is 29.8. The van der Waals surface area contributed by atoms with E-state index in [4.69, 9.17) is 23.2 Å². The fourth-order valence-corrected chi connectivity index (χ4v) is 5.09. The summed E-state index contributed by atoms with van der Waals surface area (Å²) >= 11 is 12.0. The number of aromatic nitrogens is 2. The molecular weight excluding hydrogens is 543 g/mol. The molecule has 6 nitrogen and oxygen atoms in total. The van der Waals surface area contributed by atoms with Gasteiger partial charge in [-0.1, -0.05) is 59.6 Å². The third-order valence-corrected chi connectivity index (χ3v) is 7.64. The zero-order chi connectivity index (χ0) is 28.9. The Bertz CT molecular complexity index is 1440. The van der Waals surface area contributed by atoms with Gasteiger partial charge in [0.1, 0.15) is 5.82 Å². The molecule has 4 aromatic rings. The Labute approximate surface area is 246 Å². The lowest BCUT2D eigenvalue weighted by Crippen LogP contribution is -2.43. The number of amides is 1. The summed E-state index contributed by atoms with van der Waals surface area (Å²) in [6.07, 6.45) is 2.08. The first-order chi connectivity index (χ1) is 19.0. The van der Waals surface area contributed by atoms with Crippen LogP contribution >= 0.6 is 23.2 Å². The lowest BCUT2D eigenvalue weighted by molar-refractivity contribution is -0.120. The van der Waals surface area contributed by atoms with Crippen LogP contribution in [0.2, 0.25) is 10.0 Å². The summed E-state index contributed by atoms with van der Waals surface area (Å²) in [4.78, 5) is 17.1. The minimum absolute atomic E-state index is 0.0644. The number of carbonyl (C=O) groups is 1. The van der Waals surface area contributed by atoms with Crippen molar-refractivity contribution in [1.29, 1.82) is 0 Å². The Morgan fingerprint density at radius 3 is 2.35 bits per heavy atom. The Morgan fingerprint density at radius 2 is 1.68 bits per heavy atom. The molecule has 8 heteroatoms. The van der Waals surface area contributed by atoms with Gasteiger partial charge < -0.3 is 20.3 Å². The fourth-order valence-electron chi connectivity index (χ4n) is 4.77. The van der Waals surface area contributed by atoms with Crippen LogP contribution < -0.4 is 10.6 Å². The number of aryl methyl sites for hydroxylation is 2. The highest BCUT2D eigenvalue weighted by molar-refractivity contribution is 6.42. The number of β-amino-alcohol motifs (C(OH)–C–C–N with tert-alkyl or cyclic N) is 1. The maximum absolute atomic E-state index is 12.6. The van der Waals surface area contributed by atoms with Crippen molar-refractivity contribution in [3.63, 3.8) is 0 Å². The summed E-state index contributed by atoms with van der Waals surface area (Å²) in [7, 11) is 0. The van der Waals surface area contributed by atoms with Gasteiger partial charge in [-0.05, 0) is 81.1 Å². The molecule has 0 bridgehead atoms. The van der Waals surface area contributed by atoms with Crippen LogP contribution in [0.5, 0.6) is 0 Å². The number of pyridine rings is 1. The van der Waals surface area contributed by atoms with E-state index < -0.39 is 6.10 Å². The second kappa shape index (κ2) is 13.0. The van der Waals surface area contributed by atoms with Crippen molar-refractivity contribution >= 4 is 29.1 Å². The maximum atomic E-state index is 12.6. The van der Waals surface area contributed by atoms with Crippen molar-refractivity contribution in [2.45, 2.75) is 58.7 Å². The largest absolute Gasteiger partial charge is 0.387 e. The van der Waals surface area contributed by atoms with Crippen molar-refractivity contribution in [2.75, 3.05) is 6.54 Å². The van der Waals surface area contributed by atoms with E-state index in [2.05, 4.69) is 58.3 Å². The zero-order valence-corrected chi connectivity index (χ0v) is 24.9. The summed E-state index contributed by atoms with van der Waals surface area (Å²) < 4.78 is 2.09. The van der Waals surface area contributed by atoms with Gasteiger partial charge in [0.15, 0.2) is 0 Å². The van der Waals surface area contributed by atoms with Crippen LogP contribution in [0, 0.1) is 13.8 Å². The summed E-state index contributed by atoms with van der Waals surface area (Å²) in [6, 6.07) is 21.4. The molecule has 1 amide bonds. The molecule has 0 aliphatic carbocycles. The molecule has 1 atom stereocenters. The lowest BCUT2D eigenvalue weighted by Gasteiger charge is -2.28. The average molecular weight is 580 g/mol. The number of rotatable bonds is 11. The number of hydrogen-bond acceptors (Lipinski definition) is 4. The van der Waals surface area contributed by atoms with Gasteiger partial charge in [-0.15, -0.1) is 0 Å². The van der Waals surface area contributed by atoms with E-state index >= 15 is 0 Å². The normalized spacial score (nSPS) is 12.4. The maximum Gasteiger partial charge on any atom is 0.224 e. The third kappa shape index (κ3) is 7.95. The Balaban J connectivity index is 1.29. The third-order valence-electron chi connectivity index (χ3n) is 6.91. The van der Waals surface area contributed by atoms with Crippen molar-refractivity contribution in [3.8, 4) is 5.82 Å². The van der Waals surface area contributed by atoms with E-state index in [9.17, 15) is 9.90 Å². The minimum Gasteiger partial charge on any atom is -0.387 e. The lowest BCUT2D eigenvalue weighted by atomic mass is 9.93. The summed E-state index contributed by atoms with van der Waals surface area (Å²) in [5, 5.41) is 18.2. The predicted molar refractivity (Wildman–Crippen MR) is 162 cm³/mol. The minimum atomic E-state index is -0.682. The molecule has 2 aromatic heterocycles. The van der Waals surface area contributed by atoms with E-state index in [1.165, 1.54) is 0 Å². The topological polar surface area (TPSA) is 79.2 Å². The number of hydrogen-bond donors (Lipinski definition) is 3. The number of halogens is 2. The van der Waals surface area contributed by atoms with E-state index in [-0.39, 0.29) is 17.9 Å². The second-order valence-electron chi connectivity index (χ2n) is 10.9. The molecule has 3 N–H and O–H groups in total. The number of nitrogens with zero attached hydrogens (tertiary/aromatic N) is 2. The summed E-state index contributed by atoms with van der Waals surface area (Å²) in [6.45, 7) is 9.09. The summed E-state index contributed by atoms with van der Waals surface area (Å²) in [5.41, 5.74) is 5.68. The van der Waals surface area contributed by atoms with Gasteiger partial charge in [0.2, 0.25) is 5.91 Å². The second-order valence-corrected chi connectivity index (χ2v) is 11.7. The highest BCUT2D eigenvalue weighted by Gasteiger charge is 2.20. The Kier molecular flexibility index (Phi) is 9.69. The molecule has 0 spiro atoms. The molecule has 0 aliphatic rings. The monoisotopic (exact) mass is 578 g/mol. The van der Waals surface area contributed by atoms with Crippen LogP contribution in [0.25, 0.3) is 5.82 Å². The SMILES string of the molecule is Cc1ccc(C)n1-c1ccc([C@H](O)CNC(C)(C)Cc2cccc(CC(=O)NCc3ccc(Cl)c(Cl)c3)c2)cn1. The Hall–Kier alpha value is -3.16. The van der Waals surface area contributed by atoms with Crippen LogP contribution in [0.4, 0.5) is 0 Å². The molecule has 0 radical (unpaired) electrons. The molecule has 4 rings (SSSR count). The van der Waals surface area contributed by atoms with Crippen molar-refractivity contribution in [2.24, 2.45) is 0 Å². The molecule has 2 aromatic carbocycles. The van der Waals surface area contributed by atoms with Crippen molar-refractivity contribution < 1.29 is 9.90 Å². The highest BCUT2D eigenvalue weighted by Crippen LogP contribution is 2.23. The zero-order valence-electron chi connectivity index (χ0n) is 23.3. The molecular formula is C32H36Cl2N4O2. The molecule has 0 unspecified atom stereocenters. The number of aliphatic hydroxyl groups excluding tert-OH is 1. The van der Waals surface area contributed by atoms with Gasteiger partial charge in [-0.2, -0.15) is 0 Å². The molecule has 0 saturated heterocycles. The van der Waals surface area contributed by atoms with Crippen LogP contribution in [-0.2, 0) is 24.2 Å². The van der Waals surface area contributed by atoms with Crippen LogP contribution in [0.15, 0.2) is 72.9 Å². The van der Waals surface area contributed by atoms with Crippen molar-refractivity contribution in [1.82, 2.24) is 20.2 Å². The van der Waals surface area contributed by atoms with Crippen LogP contribution in [0.3, 0.4) is 0 Å². The summed E-state index contributed by atoms with van der Waals surface area (Å²) in [5.74, 6) is 0.776. The number of nitrogens with one attached hydrogen (secondary N) is 2. The molecule has 0 aliphatic heterocycles. The quantitative estimate of drug-likeness (QED) is 0.195. The van der Waals surface area contributed by atoms with Gasteiger partial charge in [-0.25, -0.2) is 4.98 Å². The predicted octanol–water partition coefficient (Wildman–Crippen LogP) is 6.30. The van der Waals surface area contributed by atoms with Gasteiger partial charge in [0.25, 0.3) is 0 Å². The van der Waals surface area contributed by atoms with Gasteiger partial charge in [0.05, 0.1) is 22.6 Å². The first-order valence-electron chi connectivity index (χ1n) is 13.3. The molecule has 40 heavy (non-hydrogen) atoms. The van der Waals surface area contributed by atoms with E-state index in [0.29, 0.717) is 23.1 Å². The molecule has 2 heterocycles. The highest BCUT2D eigenvalue weighted by atomic mass is 35.5. The van der Waals surface area contributed by atoms with E-state index in [1.54, 1.807) is 18.3 Å². The van der Waals surface area contributed by atoms with Gasteiger partial charge in [-0.3, -0.25) is 4.79 Å². The smallest absolute Gasteiger partial charge is 0.224 e. The average Bonchev–Trinajstić information content (AvgIpc) is 3.25. The number of carbonyl (C=O) groups excluding carboxylic acids is 1.